The minimum absolute atomic E-state index is 0.0597. The van der Waals surface area contributed by atoms with Crippen molar-refractivity contribution in [1.29, 1.82) is 0 Å². The van der Waals surface area contributed by atoms with Gasteiger partial charge in [-0.3, -0.25) is 4.79 Å². The first-order chi connectivity index (χ1) is 10.0. The Hall–Kier alpha value is -1.69. The quantitative estimate of drug-likeness (QED) is 0.918. The summed E-state index contributed by atoms with van der Waals surface area (Å²) in [6.07, 6.45) is 3.44. The van der Waals surface area contributed by atoms with Crippen LogP contribution in [0.4, 0.5) is 5.69 Å². The number of rotatable bonds is 4. The van der Waals surface area contributed by atoms with Gasteiger partial charge >= 0.3 is 0 Å². The average Bonchev–Trinajstić information content (AvgIpc) is 2.53. The summed E-state index contributed by atoms with van der Waals surface area (Å²) >= 11 is 0. The summed E-state index contributed by atoms with van der Waals surface area (Å²) in [5, 5.41) is 3.00. The molecule has 6 nitrogen and oxygen atoms in total. The van der Waals surface area contributed by atoms with Crippen molar-refractivity contribution >= 4 is 11.6 Å². The first kappa shape index (κ1) is 15.7. The maximum absolute atomic E-state index is 12.8. The van der Waals surface area contributed by atoms with Crippen molar-refractivity contribution in [2.45, 2.75) is 38.6 Å². The zero-order valence-corrected chi connectivity index (χ0v) is 13.2. The number of ether oxygens (including phenoxy) is 1. The van der Waals surface area contributed by atoms with Crippen LogP contribution in [-0.2, 0) is 4.74 Å². The molecule has 21 heavy (non-hydrogen) atoms. The molecule has 1 aliphatic heterocycles. The molecule has 0 aliphatic carbocycles. The molecule has 0 spiro atoms. The van der Waals surface area contributed by atoms with Crippen LogP contribution in [0.25, 0.3) is 0 Å². The van der Waals surface area contributed by atoms with Gasteiger partial charge < -0.3 is 15.0 Å². The van der Waals surface area contributed by atoms with E-state index in [-0.39, 0.29) is 17.9 Å². The van der Waals surface area contributed by atoms with Gasteiger partial charge in [0.1, 0.15) is 5.82 Å². The van der Waals surface area contributed by atoms with E-state index >= 15 is 0 Å². The van der Waals surface area contributed by atoms with Crippen LogP contribution < -0.4 is 5.32 Å². The summed E-state index contributed by atoms with van der Waals surface area (Å²) in [7, 11) is 3.62. The molecule has 2 rings (SSSR count). The highest BCUT2D eigenvalue weighted by Crippen LogP contribution is 2.20. The monoisotopic (exact) mass is 292 g/mol. The van der Waals surface area contributed by atoms with Crippen molar-refractivity contribution in [2.24, 2.45) is 0 Å². The number of nitrogens with one attached hydrogen (secondary N) is 1. The van der Waals surface area contributed by atoms with Gasteiger partial charge in [-0.05, 0) is 12.8 Å². The molecule has 116 valence electrons. The predicted molar refractivity (Wildman–Crippen MR) is 81.6 cm³/mol. The first-order valence-corrected chi connectivity index (χ1v) is 7.44. The van der Waals surface area contributed by atoms with Gasteiger partial charge in [-0.1, -0.05) is 13.8 Å². The predicted octanol–water partition coefficient (Wildman–Crippen LogP) is 1.89. The second-order valence-electron chi connectivity index (χ2n) is 5.65. The molecule has 0 atom stereocenters. The largest absolute Gasteiger partial charge is 0.385 e. The van der Waals surface area contributed by atoms with Crippen LogP contribution in [0.5, 0.6) is 0 Å². The van der Waals surface area contributed by atoms with E-state index in [2.05, 4.69) is 15.3 Å². The molecule has 0 saturated carbocycles. The molecule has 0 radical (unpaired) electrons. The van der Waals surface area contributed by atoms with E-state index in [0.717, 1.165) is 12.8 Å². The second-order valence-corrected chi connectivity index (χ2v) is 5.65. The highest BCUT2D eigenvalue weighted by molar-refractivity contribution is 5.97. The minimum Gasteiger partial charge on any atom is -0.385 e. The number of carbonyl (C=O) groups is 1. The van der Waals surface area contributed by atoms with Gasteiger partial charge in [0.05, 0.1) is 11.9 Å². The molecule has 1 aromatic heterocycles. The topological polar surface area (TPSA) is 67.4 Å². The van der Waals surface area contributed by atoms with Crippen LogP contribution >= 0.6 is 0 Å². The minimum atomic E-state index is -0.0597. The summed E-state index contributed by atoms with van der Waals surface area (Å²) in [6, 6.07) is 0.216. The van der Waals surface area contributed by atoms with Crippen molar-refractivity contribution in [3.05, 3.63) is 17.7 Å². The normalized spacial score (nSPS) is 16.0. The van der Waals surface area contributed by atoms with E-state index in [1.165, 1.54) is 0 Å². The molecule has 1 aliphatic rings. The molecule has 1 saturated heterocycles. The van der Waals surface area contributed by atoms with Gasteiger partial charge in [-0.2, -0.15) is 0 Å². The van der Waals surface area contributed by atoms with Gasteiger partial charge in [0.25, 0.3) is 5.91 Å². The molecule has 1 amide bonds. The Morgan fingerprint density at radius 3 is 2.67 bits per heavy atom. The van der Waals surface area contributed by atoms with Gasteiger partial charge in [0.15, 0.2) is 5.69 Å². The number of amides is 1. The van der Waals surface area contributed by atoms with Crippen LogP contribution in [0.2, 0.25) is 0 Å². The van der Waals surface area contributed by atoms with Gasteiger partial charge in [-0.25, -0.2) is 9.97 Å². The molecular formula is C15H24N4O2. The number of hydrogen-bond acceptors (Lipinski definition) is 5. The van der Waals surface area contributed by atoms with Crippen LogP contribution in [0.15, 0.2) is 6.20 Å². The number of anilines is 1. The SMILES string of the molecule is CNc1cnc(C(C)C)nc1C(=O)N(C)C1CCOCC1. The Bertz CT molecular complexity index is 498. The Morgan fingerprint density at radius 2 is 2.10 bits per heavy atom. The van der Waals surface area contributed by atoms with E-state index in [1.807, 2.05) is 20.9 Å². The highest BCUT2D eigenvalue weighted by atomic mass is 16.5. The van der Waals surface area contributed by atoms with Crippen molar-refractivity contribution in [1.82, 2.24) is 14.9 Å². The summed E-state index contributed by atoms with van der Waals surface area (Å²) in [6.45, 7) is 5.46. The molecular weight excluding hydrogens is 268 g/mol. The summed E-state index contributed by atoms with van der Waals surface area (Å²) in [5.41, 5.74) is 1.12. The highest BCUT2D eigenvalue weighted by Gasteiger charge is 2.26. The summed E-state index contributed by atoms with van der Waals surface area (Å²) in [4.78, 5) is 23.3. The van der Waals surface area contributed by atoms with Crippen LogP contribution in [-0.4, -0.2) is 54.1 Å². The lowest BCUT2D eigenvalue weighted by Gasteiger charge is -2.31. The lowest BCUT2D eigenvalue weighted by molar-refractivity contribution is 0.0359. The standard InChI is InChI=1S/C15H24N4O2/c1-10(2)14-17-9-12(16-3)13(18-14)15(20)19(4)11-5-7-21-8-6-11/h9-11,16H,5-8H2,1-4H3. The van der Waals surface area contributed by atoms with Crippen molar-refractivity contribution in [3.63, 3.8) is 0 Å². The van der Waals surface area contributed by atoms with E-state index in [1.54, 1.807) is 18.1 Å². The van der Waals surface area contributed by atoms with Crippen molar-refractivity contribution < 1.29 is 9.53 Å². The molecule has 0 aromatic carbocycles. The molecule has 6 heteroatoms. The first-order valence-electron chi connectivity index (χ1n) is 7.44. The van der Waals surface area contributed by atoms with Gasteiger partial charge in [-0.15, -0.1) is 0 Å². The lowest BCUT2D eigenvalue weighted by Crippen LogP contribution is -2.41. The molecule has 2 heterocycles. The van der Waals surface area contributed by atoms with Crippen molar-refractivity contribution in [2.75, 3.05) is 32.6 Å². The average molecular weight is 292 g/mol. The molecule has 1 fully saturated rings. The second kappa shape index (κ2) is 6.85. The number of hydrogen-bond donors (Lipinski definition) is 1. The fourth-order valence-corrected chi connectivity index (χ4v) is 2.42. The maximum Gasteiger partial charge on any atom is 0.274 e. The Labute approximate surface area is 125 Å². The zero-order chi connectivity index (χ0) is 15.4. The van der Waals surface area contributed by atoms with Crippen molar-refractivity contribution in [3.8, 4) is 0 Å². The molecule has 0 unspecified atom stereocenters. The third-order valence-electron chi connectivity index (χ3n) is 3.85. The number of carbonyl (C=O) groups excluding carboxylic acids is 1. The summed E-state index contributed by atoms with van der Waals surface area (Å²) in [5.74, 6) is 0.823. The third-order valence-corrected chi connectivity index (χ3v) is 3.85. The van der Waals surface area contributed by atoms with Gasteiger partial charge in [0.2, 0.25) is 0 Å². The maximum atomic E-state index is 12.8. The van der Waals surface area contributed by atoms with E-state index < -0.39 is 0 Å². The van der Waals surface area contributed by atoms with E-state index in [0.29, 0.717) is 30.4 Å². The number of nitrogens with zero attached hydrogens (tertiary/aromatic N) is 3. The fraction of sp³-hybridized carbons (Fsp3) is 0.667. The van der Waals surface area contributed by atoms with E-state index in [9.17, 15) is 4.79 Å². The summed E-state index contributed by atoms with van der Waals surface area (Å²) < 4.78 is 5.35. The Kier molecular flexibility index (Phi) is 5.12. The van der Waals surface area contributed by atoms with E-state index in [4.69, 9.17) is 4.74 Å². The fourth-order valence-electron chi connectivity index (χ4n) is 2.42. The Morgan fingerprint density at radius 1 is 1.43 bits per heavy atom. The third kappa shape index (κ3) is 3.50. The zero-order valence-electron chi connectivity index (χ0n) is 13.2. The lowest BCUT2D eigenvalue weighted by atomic mass is 10.1. The smallest absolute Gasteiger partial charge is 0.274 e. The van der Waals surface area contributed by atoms with Crippen LogP contribution in [0, 0.1) is 0 Å². The molecule has 0 bridgehead atoms. The molecule has 1 N–H and O–H groups in total. The van der Waals surface area contributed by atoms with Crippen LogP contribution in [0.3, 0.4) is 0 Å². The Balaban J connectivity index is 2.25. The van der Waals surface area contributed by atoms with Gasteiger partial charge in [0, 0.05) is 39.3 Å². The molecule has 1 aromatic rings. The number of aromatic nitrogens is 2. The van der Waals surface area contributed by atoms with Crippen LogP contribution in [0.1, 0.15) is 48.9 Å².